The summed E-state index contributed by atoms with van der Waals surface area (Å²) in [5.74, 6) is 0.278. The molecule has 10 heteroatoms. The van der Waals surface area contributed by atoms with Crippen LogP contribution in [0.2, 0.25) is 0 Å². The maximum absolute atomic E-state index is 12.6. The highest BCUT2D eigenvalue weighted by atomic mass is 32.2. The van der Waals surface area contributed by atoms with Gasteiger partial charge in [-0.25, -0.2) is 4.79 Å². The van der Waals surface area contributed by atoms with Crippen LogP contribution in [0, 0.1) is 0 Å². The SMILES string of the molecule is CCOC(=O)c1c(NC(=O)CSc2nnc(-c3cccnc3)n2C)sc2c1CCC2. The van der Waals surface area contributed by atoms with Crippen LogP contribution in [0.25, 0.3) is 11.4 Å². The smallest absolute Gasteiger partial charge is 0.341 e. The third-order valence-electron chi connectivity index (χ3n) is 4.74. The quantitative estimate of drug-likeness (QED) is 0.442. The first-order valence-corrected chi connectivity index (χ1v) is 11.4. The second kappa shape index (κ2) is 8.97. The predicted molar refractivity (Wildman–Crippen MR) is 116 cm³/mol. The third-order valence-corrected chi connectivity index (χ3v) is 6.97. The minimum absolute atomic E-state index is 0.157. The first-order chi connectivity index (χ1) is 14.6. The molecular formula is C20H21N5O3S2. The lowest BCUT2D eigenvalue weighted by Crippen LogP contribution is -2.17. The molecule has 1 N–H and O–H groups in total. The minimum Gasteiger partial charge on any atom is -0.462 e. The minimum atomic E-state index is -0.366. The molecule has 4 rings (SSSR count). The highest BCUT2D eigenvalue weighted by molar-refractivity contribution is 7.99. The fraction of sp³-hybridized carbons (Fsp3) is 0.350. The van der Waals surface area contributed by atoms with Gasteiger partial charge in [-0.3, -0.25) is 9.78 Å². The summed E-state index contributed by atoms with van der Waals surface area (Å²) >= 11 is 2.77. The number of hydrogen-bond acceptors (Lipinski definition) is 8. The normalized spacial score (nSPS) is 12.6. The summed E-state index contributed by atoms with van der Waals surface area (Å²) in [6.07, 6.45) is 6.24. The molecule has 0 fully saturated rings. The molecule has 3 heterocycles. The van der Waals surface area contributed by atoms with E-state index in [0.717, 1.165) is 35.3 Å². The summed E-state index contributed by atoms with van der Waals surface area (Å²) in [4.78, 5) is 30.3. The number of amides is 1. The molecule has 156 valence electrons. The molecule has 3 aromatic heterocycles. The van der Waals surface area contributed by atoms with E-state index in [2.05, 4.69) is 20.5 Å². The van der Waals surface area contributed by atoms with Gasteiger partial charge in [-0.15, -0.1) is 21.5 Å². The highest BCUT2D eigenvalue weighted by Crippen LogP contribution is 2.39. The molecule has 8 nitrogen and oxygen atoms in total. The van der Waals surface area contributed by atoms with Gasteiger partial charge in [-0.2, -0.15) is 0 Å². The number of nitrogens with zero attached hydrogens (tertiary/aromatic N) is 4. The number of pyridine rings is 1. The summed E-state index contributed by atoms with van der Waals surface area (Å²) in [6.45, 7) is 2.08. The molecule has 0 radical (unpaired) electrons. The number of thioether (sulfide) groups is 1. The van der Waals surface area contributed by atoms with Crippen molar-refractivity contribution in [2.24, 2.45) is 7.05 Å². The number of hydrogen-bond donors (Lipinski definition) is 1. The van der Waals surface area contributed by atoms with Crippen LogP contribution < -0.4 is 5.32 Å². The van der Waals surface area contributed by atoms with E-state index in [4.69, 9.17) is 4.74 Å². The third kappa shape index (κ3) is 4.10. The van der Waals surface area contributed by atoms with Crippen LogP contribution in [0.4, 0.5) is 5.00 Å². The summed E-state index contributed by atoms with van der Waals surface area (Å²) in [5.41, 5.74) is 2.40. The molecule has 1 aliphatic carbocycles. The Balaban J connectivity index is 1.44. The molecule has 0 bridgehead atoms. The number of fused-ring (bicyclic) bond motifs is 1. The van der Waals surface area contributed by atoms with E-state index in [-0.39, 0.29) is 17.6 Å². The number of carbonyl (C=O) groups excluding carboxylic acids is 2. The van der Waals surface area contributed by atoms with Crippen molar-refractivity contribution in [3.8, 4) is 11.4 Å². The average molecular weight is 444 g/mol. The largest absolute Gasteiger partial charge is 0.462 e. The number of esters is 1. The van der Waals surface area contributed by atoms with Gasteiger partial charge in [0.05, 0.1) is 17.9 Å². The van der Waals surface area contributed by atoms with E-state index < -0.39 is 0 Å². The molecule has 0 spiro atoms. The lowest BCUT2D eigenvalue weighted by atomic mass is 10.1. The Hall–Kier alpha value is -2.72. The molecule has 0 saturated heterocycles. The van der Waals surface area contributed by atoms with E-state index >= 15 is 0 Å². The van der Waals surface area contributed by atoms with Crippen molar-refractivity contribution in [2.75, 3.05) is 17.7 Å². The Morgan fingerprint density at radius 2 is 2.20 bits per heavy atom. The van der Waals surface area contributed by atoms with Crippen LogP contribution in [-0.4, -0.2) is 44.0 Å². The molecule has 1 amide bonds. The predicted octanol–water partition coefficient (Wildman–Crippen LogP) is 3.33. The molecule has 0 atom stereocenters. The first kappa shape index (κ1) is 20.5. The Morgan fingerprint density at radius 1 is 1.33 bits per heavy atom. The van der Waals surface area contributed by atoms with Gasteiger partial charge in [0.15, 0.2) is 11.0 Å². The molecular weight excluding hydrogens is 422 g/mol. The Morgan fingerprint density at radius 3 is 2.97 bits per heavy atom. The van der Waals surface area contributed by atoms with Crippen molar-refractivity contribution in [2.45, 2.75) is 31.3 Å². The second-order valence-electron chi connectivity index (χ2n) is 6.73. The molecule has 3 aromatic rings. The molecule has 0 aromatic carbocycles. The number of rotatable bonds is 7. The van der Waals surface area contributed by atoms with Crippen molar-refractivity contribution < 1.29 is 14.3 Å². The fourth-order valence-electron chi connectivity index (χ4n) is 3.39. The van der Waals surface area contributed by atoms with Crippen LogP contribution in [0.1, 0.15) is 34.1 Å². The fourth-order valence-corrected chi connectivity index (χ4v) is 5.40. The Labute approximate surface area is 182 Å². The topological polar surface area (TPSA) is 99.0 Å². The van der Waals surface area contributed by atoms with Gasteiger partial charge in [-0.05, 0) is 43.9 Å². The lowest BCUT2D eigenvalue weighted by Gasteiger charge is -2.08. The van der Waals surface area contributed by atoms with E-state index in [0.29, 0.717) is 28.2 Å². The van der Waals surface area contributed by atoms with Crippen LogP contribution in [0.3, 0.4) is 0 Å². The Kier molecular flexibility index (Phi) is 6.14. The van der Waals surface area contributed by atoms with E-state index in [1.165, 1.54) is 23.1 Å². The summed E-state index contributed by atoms with van der Waals surface area (Å²) < 4.78 is 7.04. The van der Waals surface area contributed by atoms with Crippen molar-refractivity contribution in [3.63, 3.8) is 0 Å². The number of thiophene rings is 1. The molecule has 0 aliphatic heterocycles. The highest BCUT2D eigenvalue weighted by Gasteiger charge is 2.28. The van der Waals surface area contributed by atoms with Gasteiger partial charge in [0, 0.05) is 29.9 Å². The van der Waals surface area contributed by atoms with E-state index in [1.54, 1.807) is 19.3 Å². The number of ether oxygens (including phenoxy) is 1. The molecule has 1 aliphatic rings. The van der Waals surface area contributed by atoms with Crippen LogP contribution in [0.5, 0.6) is 0 Å². The number of nitrogens with one attached hydrogen (secondary N) is 1. The maximum atomic E-state index is 12.6. The zero-order valence-corrected chi connectivity index (χ0v) is 18.3. The average Bonchev–Trinajstić information content (AvgIpc) is 3.42. The van der Waals surface area contributed by atoms with Crippen LogP contribution >= 0.6 is 23.1 Å². The summed E-state index contributed by atoms with van der Waals surface area (Å²) in [7, 11) is 1.85. The van der Waals surface area contributed by atoms with Gasteiger partial charge in [0.2, 0.25) is 5.91 Å². The first-order valence-electron chi connectivity index (χ1n) is 9.62. The summed E-state index contributed by atoms with van der Waals surface area (Å²) in [6, 6.07) is 3.74. The number of aryl methyl sites for hydroxylation is 1. The Bertz CT molecular complexity index is 1080. The zero-order valence-electron chi connectivity index (χ0n) is 16.7. The van der Waals surface area contributed by atoms with Crippen LogP contribution in [-0.2, 0) is 29.4 Å². The van der Waals surface area contributed by atoms with Gasteiger partial charge in [-0.1, -0.05) is 11.8 Å². The van der Waals surface area contributed by atoms with Crippen molar-refractivity contribution >= 4 is 40.0 Å². The lowest BCUT2D eigenvalue weighted by molar-refractivity contribution is -0.113. The van der Waals surface area contributed by atoms with Crippen molar-refractivity contribution in [1.29, 1.82) is 0 Å². The maximum Gasteiger partial charge on any atom is 0.341 e. The van der Waals surface area contributed by atoms with E-state index in [9.17, 15) is 9.59 Å². The van der Waals surface area contributed by atoms with Crippen molar-refractivity contribution in [3.05, 3.63) is 40.5 Å². The van der Waals surface area contributed by atoms with Gasteiger partial charge >= 0.3 is 5.97 Å². The van der Waals surface area contributed by atoms with Crippen molar-refractivity contribution in [1.82, 2.24) is 19.7 Å². The molecule has 30 heavy (non-hydrogen) atoms. The molecule has 0 saturated carbocycles. The number of carbonyl (C=O) groups is 2. The molecule has 0 unspecified atom stereocenters. The van der Waals surface area contributed by atoms with Gasteiger partial charge in [0.1, 0.15) is 5.00 Å². The standard InChI is InChI=1S/C20H21N5O3S2/c1-3-28-19(27)16-13-7-4-8-14(13)30-18(16)22-15(26)11-29-20-24-23-17(25(20)2)12-6-5-9-21-10-12/h5-6,9-10H,3-4,7-8,11H2,1-2H3,(H,22,26). The van der Waals surface area contributed by atoms with Gasteiger partial charge in [0.25, 0.3) is 0 Å². The van der Waals surface area contributed by atoms with E-state index in [1.807, 2.05) is 23.7 Å². The monoisotopic (exact) mass is 443 g/mol. The summed E-state index contributed by atoms with van der Waals surface area (Å²) in [5, 5.41) is 12.5. The number of aromatic nitrogens is 4. The number of anilines is 1. The van der Waals surface area contributed by atoms with Gasteiger partial charge < -0.3 is 14.6 Å². The second-order valence-corrected chi connectivity index (χ2v) is 8.77. The van der Waals surface area contributed by atoms with Crippen LogP contribution in [0.15, 0.2) is 29.7 Å². The zero-order chi connectivity index (χ0) is 21.1.